The van der Waals surface area contributed by atoms with E-state index in [1.807, 2.05) is 32.0 Å². The number of hydrogen-bond donors (Lipinski definition) is 0. The molecule has 0 heterocycles. The highest BCUT2D eigenvalue weighted by Crippen LogP contribution is 2.23. The molecule has 0 bridgehead atoms. The summed E-state index contributed by atoms with van der Waals surface area (Å²) >= 11 is 11.7. The molecule has 0 aliphatic carbocycles. The van der Waals surface area contributed by atoms with Crippen molar-refractivity contribution in [3.05, 3.63) is 39.9 Å². The molecule has 0 spiro atoms. The zero-order valence-electron chi connectivity index (χ0n) is 10.8. The van der Waals surface area contributed by atoms with Crippen molar-refractivity contribution < 1.29 is 4.79 Å². The van der Waals surface area contributed by atoms with Crippen molar-refractivity contribution >= 4 is 35.1 Å². The van der Waals surface area contributed by atoms with Gasteiger partial charge in [-0.05, 0) is 37.9 Å². The van der Waals surface area contributed by atoms with E-state index >= 15 is 0 Å². The molecule has 0 aromatic heterocycles. The van der Waals surface area contributed by atoms with Crippen LogP contribution in [-0.4, -0.2) is 31.3 Å². The smallest absolute Gasteiger partial charge is 0.159 e. The van der Waals surface area contributed by atoms with Gasteiger partial charge in [-0.15, -0.1) is 0 Å². The van der Waals surface area contributed by atoms with Crippen LogP contribution in [0.25, 0.3) is 6.08 Å². The van der Waals surface area contributed by atoms with E-state index < -0.39 is 0 Å². The zero-order valence-corrected chi connectivity index (χ0v) is 12.3. The molecule has 98 valence electrons. The highest BCUT2D eigenvalue weighted by Gasteiger charge is 2.10. The molecule has 0 fully saturated rings. The summed E-state index contributed by atoms with van der Waals surface area (Å²) in [5, 5.41) is 1.01. The average Bonchev–Trinajstić information content (AvgIpc) is 2.29. The third-order valence-electron chi connectivity index (χ3n) is 2.51. The van der Waals surface area contributed by atoms with Crippen LogP contribution in [0.1, 0.15) is 12.5 Å². The van der Waals surface area contributed by atoms with Gasteiger partial charge in [0.2, 0.25) is 0 Å². The van der Waals surface area contributed by atoms with E-state index in [0.717, 1.165) is 12.1 Å². The quantitative estimate of drug-likeness (QED) is 0.768. The summed E-state index contributed by atoms with van der Waals surface area (Å²) < 4.78 is 0. The number of benzene rings is 1. The van der Waals surface area contributed by atoms with Crippen molar-refractivity contribution in [1.82, 2.24) is 4.90 Å². The first-order valence-electron chi connectivity index (χ1n) is 5.72. The fourth-order valence-electron chi connectivity index (χ4n) is 1.60. The van der Waals surface area contributed by atoms with Crippen LogP contribution >= 0.6 is 23.2 Å². The summed E-state index contributed by atoms with van der Waals surface area (Å²) in [6, 6.07) is 5.29. The molecule has 1 atom stereocenters. The van der Waals surface area contributed by atoms with E-state index in [1.54, 1.807) is 24.3 Å². The summed E-state index contributed by atoms with van der Waals surface area (Å²) in [5.74, 6) is 0.0915. The van der Waals surface area contributed by atoms with Gasteiger partial charge in [-0.25, -0.2) is 0 Å². The Labute approximate surface area is 118 Å². The van der Waals surface area contributed by atoms with Crippen LogP contribution in [0.3, 0.4) is 0 Å². The molecule has 0 radical (unpaired) electrons. The Morgan fingerprint density at radius 2 is 2.00 bits per heavy atom. The number of rotatable bonds is 5. The number of ketones is 1. The molecule has 0 saturated carbocycles. The molecule has 1 rings (SSSR count). The van der Waals surface area contributed by atoms with Crippen molar-refractivity contribution in [3.63, 3.8) is 0 Å². The van der Waals surface area contributed by atoms with Crippen LogP contribution in [-0.2, 0) is 4.79 Å². The first-order valence-corrected chi connectivity index (χ1v) is 6.47. The van der Waals surface area contributed by atoms with E-state index in [0.29, 0.717) is 10.0 Å². The number of halogens is 2. The van der Waals surface area contributed by atoms with Crippen molar-refractivity contribution in [1.29, 1.82) is 0 Å². The van der Waals surface area contributed by atoms with E-state index in [2.05, 4.69) is 0 Å². The summed E-state index contributed by atoms with van der Waals surface area (Å²) in [4.78, 5) is 13.8. The molecule has 0 amide bonds. The van der Waals surface area contributed by atoms with Crippen LogP contribution in [0.2, 0.25) is 10.0 Å². The summed E-state index contributed by atoms with van der Waals surface area (Å²) in [6.07, 6.45) is 3.35. The van der Waals surface area contributed by atoms with E-state index in [-0.39, 0.29) is 11.7 Å². The number of carbonyl (C=O) groups is 1. The topological polar surface area (TPSA) is 20.3 Å². The van der Waals surface area contributed by atoms with Gasteiger partial charge in [-0.1, -0.05) is 42.3 Å². The maximum atomic E-state index is 11.8. The van der Waals surface area contributed by atoms with Gasteiger partial charge in [0, 0.05) is 12.5 Å². The van der Waals surface area contributed by atoms with Gasteiger partial charge >= 0.3 is 0 Å². The van der Waals surface area contributed by atoms with E-state index in [9.17, 15) is 4.79 Å². The lowest BCUT2D eigenvalue weighted by molar-refractivity contribution is -0.118. The van der Waals surface area contributed by atoms with Crippen LogP contribution in [0.5, 0.6) is 0 Å². The van der Waals surface area contributed by atoms with Crippen LogP contribution in [0.15, 0.2) is 24.3 Å². The Bertz CT molecular complexity index is 455. The molecule has 4 heteroatoms. The maximum Gasteiger partial charge on any atom is 0.159 e. The molecule has 2 nitrogen and oxygen atoms in total. The lowest BCUT2D eigenvalue weighted by Gasteiger charge is -2.13. The second-order valence-corrected chi connectivity index (χ2v) is 5.39. The fraction of sp³-hybridized carbons (Fsp3) is 0.357. The first kappa shape index (κ1) is 15.2. The van der Waals surface area contributed by atoms with Gasteiger partial charge < -0.3 is 4.90 Å². The fourth-order valence-corrected chi connectivity index (χ4v) is 1.90. The lowest BCUT2D eigenvalue weighted by Crippen LogP contribution is -2.24. The van der Waals surface area contributed by atoms with E-state index in [4.69, 9.17) is 23.2 Å². The molecule has 1 aromatic carbocycles. The number of nitrogens with zero attached hydrogens (tertiary/aromatic N) is 1. The Kier molecular flexibility index (Phi) is 5.86. The standard InChI is InChI=1S/C14H17Cl2NO/c1-10(9-17(2)3)14(18)7-5-11-4-6-12(15)13(16)8-11/h4-8,10H,9H2,1-3H3/b7-5-/t10-/m1/s1. The largest absolute Gasteiger partial charge is 0.309 e. The highest BCUT2D eigenvalue weighted by molar-refractivity contribution is 6.42. The molecule has 0 aliphatic rings. The second kappa shape index (κ2) is 6.93. The summed E-state index contributed by atoms with van der Waals surface area (Å²) in [6.45, 7) is 2.66. The first-order chi connectivity index (χ1) is 8.40. The van der Waals surface area contributed by atoms with Gasteiger partial charge in [0.05, 0.1) is 10.0 Å². The van der Waals surface area contributed by atoms with Crippen molar-refractivity contribution in [2.75, 3.05) is 20.6 Å². The van der Waals surface area contributed by atoms with Gasteiger partial charge in [0.25, 0.3) is 0 Å². The van der Waals surface area contributed by atoms with E-state index in [1.165, 1.54) is 0 Å². The lowest BCUT2D eigenvalue weighted by atomic mass is 10.0. The Morgan fingerprint density at radius 3 is 2.56 bits per heavy atom. The number of carbonyl (C=O) groups excluding carboxylic acids is 1. The minimum Gasteiger partial charge on any atom is -0.309 e. The molecule has 0 aliphatic heterocycles. The Hall–Kier alpha value is -0.830. The third-order valence-corrected chi connectivity index (χ3v) is 3.25. The van der Waals surface area contributed by atoms with Crippen molar-refractivity contribution in [2.24, 2.45) is 5.92 Å². The molecular formula is C14H17Cl2NO. The third kappa shape index (κ3) is 4.81. The molecule has 0 N–H and O–H groups in total. The summed E-state index contributed by atoms with van der Waals surface area (Å²) in [7, 11) is 3.90. The molecule has 18 heavy (non-hydrogen) atoms. The molecule has 0 unspecified atom stereocenters. The minimum atomic E-state index is -0.0148. The van der Waals surface area contributed by atoms with Gasteiger partial charge in [-0.3, -0.25) is 4.79 Å². The predicted octanol–water partition coefficient (Wildman–Crippen LogP) is 3.77. The van der Waals surface area contributed by atoms with Crippen molar-refractivity contribution in [2.45, 2.75) is 6.92 Å². The monoisotopic (exact) mass is 285 g/mol. The number of allylic oxidation sites excluding steroid dienone is 1. The van der Waals surface area contributed by atoms with Gasteiger partial charge in [0.1, 0.15) is 0 Å². The minimum absolute atomic E-state index is 0.0148. The normalized spacial score (nSPS) is 13.2. The van der Waals surface area contributed by atoms with Gasteiger partial charge in [0.15, 0.2) is 5.78 Å². The Morgan fingerprint density at radius 1 is 1.33 bits per heavy atom. The molecular weight excluding hydrogens is 269 g/mol. The second-order valence-electron chi connectivity index (χ2n) is 4.57. The zero-order chi connectivity index (χ0) is 13.7. The van der Waals surface area contributed by atoms with Crippen LogP contribution in [0, 0.1) is 5.92 Å². The maximum absolute atomic E-state index is 11.8. The molecule has 1 aromatic rings. The van der Waals surface area contributed by atoms with Crippen LogP contribution < -0.4 is 0 Å². The summed E-state index contributed by atoms with van der Waals surface area (Å²) in [5.41, 5.74) is 0.870. The highest BCUT2D eigenvalue weighted by atomic mass is 35.5. The Balaban J connectivity index is 2.68. The predicted molar refractivity (Wildman–Crippen MR) is 78.2 cm³/mol. The average molecular weight is 286 g/mol. The van der Waals surface area contributed by atoms with Crippen molar-refractivity contribution in [3.8, 4) is 0 Å². The molecule has 0 saturated heterocycles. The number of hydrogen-bond acceptors (Lipinski definition) is 2. The SMILES string of the molecule is C[C@H](CN(C)C)C(=O)/C=C\c1ccc(Cl)c(Cl)c1. The van der Waals surface area contributed by atoms with Crippen LogP contribution in [0.4, 0.5) is 0 Å². The van der Waals surface area contributed by atoms with Gasteiger partial charge in [-0.2, -0.15) is 0 Å².